The molecular formula is C16H20ClNO3. The summed E-state index contributed by atoms with van der Waals surface area (Å²) in [6.07, 6.45) is 3.02. The van der Waals surface area contributed by atoms with Crippen LogP contribution in [0.2, 0.25) is 5.02 Å². The first-order valence-electron chi connectivity index (χ1n) is 7.27. The minimum absolute atomic E-state index is 0.172. The summed E-state index contributed by atoms with van der Waals surface area (Å²) in [7, 11) is 0. The zero-order chi connectivity index (χ0) is 15.4. The normalized spacial score (nSPS) is 23.3. The predicted molar refractivity (Wildman–Crippen MR) is 81.1 cm³/mol. The van der Waals surface area contributed by atoms with E-state index in [1.807, 2.05) is 25.1 Å². The molecule has 1 amide bonds. The highest BCUT2D eigenvalue weighted by atomic mass is 35.5. The minimum atomic E-state index is -0.870. The molecule has 2 N–H and O–H groups in total. The molecule has 1 aromatic rings. The van der Waals surface area contributed by atoms with Crippen molar-refractivity contribution >= 4 is 23.5 Å². The molecule has 1 fully saturated rings. The Balaban J connectivity index is 2.04. The lowest BCUT2D eigenvalue weighted by molar-refractivity contribution is -0.149. The van der Waals surface area contributed by atoms with Gasteiger partial charge in [0.1, 0.15) is 0 Å². The Hall–Kier alpha value is -1.55. The van der Waals surface area contributed by atoms with E-state index in [9.17, 15) is 14.7 Å². The van der Waals surface area contributed by atoms with E-state index in [1.165, 1.54) is 0 Å². The van der Waals surface area contributed by atoms with Crippen LogP contribution in [0.3, 0.4) is 0 Å². The Kier molecular flexibility index (Phi) is 5.23. The molecular weight excluding hydrogens is 290 g/mol. The summed E-state index contributed by atoms with van der Waals surface area (Å²) in [6.45, 7) is 1.88. The van der Waals surface area contributed by atoms with Crippen molar-refractivity contribution in [3.05, 3.63) is 34.9 Å². The molecule has 3 atom stereocenters. The molecule has 1 aliphatic carbocycles. The van der Waals surface area contributed by atoms with Crippen LogP contribution >= 0.6 is 11.6 Å². The average Bonchev–Trinajstić information content (AvgIpc) is 2.47. The van der Waals surface area contributed by atoms with Crippen molar-refractivity contribution < 1.29 is 14.7 Å². The van der Waals surface area contributed by atoms with E-state index >= 15 is 0 Å². The highest BCUT2D eigenvalue weighted by molar-refractivity contribution is 6.30. The number of carbonyl (C=O) groups excluding carboxylic acids is 1. The first kappa shape index (κ1) is 15.8. The summed E-state index contributed by atoms with van der Waals surface area (Å²) in [5, 5.41) is 12.8. The molecule has 4 nitrogen and oxygen atoms in total. The van der Waals surface area contributed by atoms with E-state index in [4.69, 9.17) is 11.6 Å². The number of carboxylic acids is 1. The van der Waals surface area contributed by atoms with Crippen molar-refractivity contribution in [3.8, 4) is 0 Å². The van der Waals surface area contributed by atoms with Crippen LogP contribution in [0.15, 0.2) is 24.3 Å². The topological polar surface area (TPSA) is 66.4 Å². The summed E-state index contributed by atoms with van der Waals surface area (Å²) in [4.78, 5) is 23.6. The summed E-state index contributed by atoms with van der Waals surface area (Å²) >= 11 is 5.95. The first-order valence-corrected chi connectivity index (χ1v) is 7.65. The van der Waals surface area contributed by atoms with Crippen LogP contribution < -0.4 is 5.32 Å². The number of amides is 1. The maximum Gasteiger partial charge on any atom is 0.307 e. The standard InChI is InChI=1S/C16H20ClNO3/c1-10(11-5-4-6-12(17)9-11)18-15(19)13-7-2-3-8-14(13)16(20)21/h4-6,9-10,13-14H,2-3,7-8H2,1H3,(H,18,19)(H,20,21)/t10-,13?,14?/m1/s1. The van der Waals surface area contributed by atoms with E-state index in [-0.39, 0.29) is 11.9 Å². The van der Waals surface area contributed by atoms with Gasteiger partial charge in [-0.25, -0.2) is 0 Å². The van der Waals surface area contributed by atoms with Crippen LogP contribution in [0.5, 0.6) is 0 Å². The monoisotopic (exact) mass is 309 g/mol. The lowest BCUT2D eigenvalue weighted by Gasteiger charge is -2.28. The van der Waals surface area contributed by atoms with Crippen LogP contribution in [0, 0.1) is 11.8 Å². The fourth-order valence-electron chi connectivity index (χ4n) is 2.92. The Labute approximate surface area is 129 Å². The third kappa shape index (κ3) is 3.97. The van der Waals surface area contributed by atoms with Gasteiger partial charge in [0.25, 0.3) is 0 Å². The van der Waals surface area contributed by atoms with Gasteiger partial charge in [-0.05, 0) is 37.5 Å². The molecule has 1 aromatic carbocycles. The summed E-state index contributed by atoms with van der Waals surface area (Å²) in [5.74, 6) is -2.04. The number of nitrogens with one attached hydrogen (secondary N) is 1. The predicted octanol–water partition coefficient (Wildman–Crippen LogP) is 3.41. The highest BCUT2D eigenvalue weighted by Gasteiger charge is 2.36. The lowest BCUT2D eigenvalue weighted by Crippen LogP contribution is -2.40. The Morgan fingerprint density at radius 1 is 1.29 bits per heavy atom. The third-order valence-electron chi connectivity index (χ3n) is 4.13. The van der Waals surface area contributed by atoms with Gasteiger partial charge in [-0.1, -0.05) is 36.6 Å². The molecule has 0 radical (unpaired) electrons. The van der Waals surface area contributed by atoms with E-state index in [1.54, 1.807) is 6.07 Å². The van der Waals surface area contributed by atoms with Gasteiger partial charge >= 0.3 is 5.97 Å². The number of carbonyl (C=O) groups is 2. The van der Waals surface area contributed by atoms with Crippen LogP contribution in [-0.4, -0.2) is 17.0 Å². The number of benzene rings is 1. The molecule has 2 unspecified atom stereocenters. The summed E-state index contributed by atoms with van der Waals surface area (Å²) < 4.78 is 0. The molecule has 0 saturated heterocycles. The van der Waals surface area contributed by atoms with Gasteiger partial charge in [-0.3, -0.25) is 9.59 Å². The number of aliphatic carboxylic acids is 1. The second-order valence-electron chi connectivity index (χ2n) is 5.62. The molecule has 114 valence electrons. The molecule has 2 rings (SSSR count). The number of halogens is 1. The van der Waals surface area contributed by atoms with Crippen molar-refractivity contribution in [3.63, 3.8) is 0 Å². The fraction of sp³-hybridized carbons (Fsp3) is 0.500. The van der Waals surface area contributed by atoms with Crippen LogP contribution in [-0.2, 0) is 9.59 Å². The molecule has 1 aliphatic rings. The number of rotatable bonds is 4. The Morgan fingerprint density at radius 2 is 1.95 bits per heavy atom. The molecule has 0 aromatic heterocycles. The Bertz CT molecular complexity index is 532. The van der Waals surface area contributed by atoms with Gasteiger partial charge in [0, 0.05) is 5.02 Å². The maximum atomic E-state index is 12.4. The van der Waals surface area contributed by atoms with Crippen LogP contribution in [0.4, 0.5) is 0 Å². The van der Waals surface area contributed by atoms with Gasteiger partial charge in [-0.15, -0.1) is 0 Å². The van der Waals surface area contributed by atoms with Crippen LogP contribution in [0.1, 0.15) is 44.2 Å². The number of hydrogen-bond acceptors (Lipinski definition) is 2. The molecule has 0 aliphatic heterocycles. The van der Waals surface area contributed by atoms with Gasteiger partial charge in [0.2, 0.25) is 5.91 Å². The van der Waals surface area contributed by atoms with Gasteiger partial charge in [0.05, 0.1) is 17.9 Å². The molecule has 21 heavy (non-hydrogen) atoms. The minimum Gasteiger partial charge on any atom is -0.481 e. The SMILES string of the molecule is C[C@@H](NC(=O)C1CCCCC1C(=O)O)c1cccc(Cl)c1. The fourth-order valence-corrected chi connectivity index (χ4v) is 3.12. The second-order valence-corrected chi connectivity index (χ2v) is 6.06. The van der Waals surface area contributed by atoms with Gasteiger partial charge < -0.3 is 10.4 Å². The second kappa shape index (κ2) is 6.94. The molecule has 1 saturated carbocycles. The Morgan fingerprint density at radius 3 is 2.57 bits per heavy atom. The quantitative estimate of drug-likeness (QED) is 0.895. The first-order chi connectivity index (χ1) is 9.99. The average molecular weight is 310 g/mol. The highest BCUT2D eigenvalue weighted by Crippen LogP contribution is 2.31. The van der Waals surface area contributed by atoms with E-state index in [0.29, 0.717) is 17.9 Å². The van der Waals surface area contributed by atoms with Crippen molar-refractivity contribution in [1.29, 1.82) is 0 Å². The molecule has 0 heterocycles. The molecule has 0 bridgehead atoms. The van der Waals surface area contributed by atoms with Gasteiger partial charge in [-0.2, -0.15) is 0 Å². The smallest absolute Gasteiger partial charge is 0.307 e. The molecule has 0 spiro atoms. The summed E-state index contributed by atoms with van der Waals surface area (Å²) in [5.41, 5.74) is 0.915. The number of hydrogen-bond donors (Lipinski definition) is 2. The van der Waals surface area contributed by atoms with E-state index < -0.39 is 17.8 Å². The van der Waals surface area contributed by atoms with E-state index in [2.05, 4.69) is 5.32 Å². The van der Waals surface area contributed by atoms with Crippen molar-refractivity contribution in [2.75, 3.05) is 0 Å². The van der Waals surface area contributed by atoms with E-state index in [0.717, 1.165) is 18.4 Å². The maximum absolute atomic E-state index is 12.4. The van der Waals surface area contributed by atoms with Crippen LogP contribution in [0.25, 0.3) is 0 Å². The zero-order valence-electron chi connectivity index (χ0n) is 12.0. The van der Waals surface area contributed by atoms with Crippen molar-refractivity contribution in [2.45, 2.75) is 38.6 Å². The number of carboxylic acid groups (broad SMARTS) is 1. The largest absolute Gasteiger partial charge is 0.481 e. The van der Waals surface area contributed by atoms with Crippen molar-refractivity contribution in [2.24, 2.45) is 11.8 Å². The van der Waals surface area contributed by atoms with Crippen molar-refractivity contribution in [1.82, 2.24) is 5.32 Å². The lowest BCUT2D eigenvalue weighted by atomic mass is 9.78. The summed E-state index contributed by atoms with van der Waals surface area (Å²) in [6, 6.07) is 7.13. The van der Waals surface area contributed by atoms with Gasteiger partial charge in [0.15, 0.2) is 0 Å². The molecule has 5 heteroatoms. The third-order valence-corrected chi connectivity index (χ3v) is 4.36. The zero-order valence-corrected chi connectivity index (χ0v) is 12.8.